The van der Waals surface area contributed by atoms with Gasteiger partial charge in [-0.15, -0.1) is 72.4 Å². The Labute approximate surface area is 910 Å². The van der Waals surface area contributed by atoms with Crippen LogP contribution in [0, 0.1) is 34.5 Å². The maximum atomic E-state index is 9.42. The van der Waals surface area contributed by atoms with Gasteiger partial charge >= 0.3 is 0 Å². The van der Waals surface area contributed by atoms with Crippen LogP contribution in [0.25, 0.3) is 0 Å². The highest BCUT2D eigenvalue weighted by Crippen LogP contribution is 2.30. The number of allylic oxidation sites excluding steroid dienone is 20. The second kappa shape index (κ2) is 142. The van der Waals surface area contributed by atoms with Gasteiger partial charge in [-0.25, -0.2) is 0 Å². The predicted molar refractivity (Wildman–Crippen MR) is 657 cm³/mol. The molecular weight excluding hydrogens is 1810 g/mol. The van der Waals surface area contributed by atoms with Crippen LogP contribution in [0.3, 0.4) is 0 Å². The number of unbranched alkanes of at least 4 members (excludes halogenated alkanes) is 27. The molecule has 0 aromatic carbocycles. The normalized spacial score (nSPS) is 11.8. The third-order valence-electron chi connectivity index (χ3n) is 22.5. The lowest BCUT2D eigenvalue weighted by molar-refractivity contribution is 0.0669. The first-order valence-electron chi connectivity index (χ1n) is 56.9. The molecule has 0 heterocycles. The van der Waals surface area contributed by atoms with E-state index in [1.165, 1.54) is 107 Å². The van der Waals surface area contributed by atoms with Crippen molar-refractivity contribution in [2.45, 2.75) is 508 Å². The third kappa shape index (κ3) is 214. The molecule has 5 atom stereocenters. The van der Waals surface area contributed by atoms with E-state index in [1.807, 2.05) is 129 Å². The van der Waals surface area contributed by atoms with Crippen molar-refractivity contribution in [3.63, 3.8) is 0 Å². The van der Waals surface area contributed by atoms with E-state index in [2.05, 4.69) is 198 Å². The maximum absolute atomic E-state index is 9.42. The van der Waals surface area contributed by atoms with Gasteiger partial charge < -0.3 is 71.5 Å². The molecule has 0 rings (SSSR count). The molecule has 0 saturated carbocycles. The minimum absolute atomic E-state index is 0.0974. The Kier molecular flexibility index (Phi) is 166. The summed E-state index contributed by atoms with van der Waals surface area (Å²) in [6.45, 7) is 97.0. The van der Waals surface area contributed by atoms with E-state index in [1.54, 1.807) is 12.2 Å². The summed E-state index contributed by atoms with van der Waals surface area (Å²) in [7, 11) is 0. The molecule has 0 aliphatic heterocycles. The monoisotopic (exact) mass is 2060 g/mol. The SMILES string of the molecule is C=C(C)C(C)(C)CCCO.C=C(C)CCCC(C)CC(O)CC.C=C(CCO)CC(C)(C)C.C=CC(=C)CCCC(C)(C)O.C=CC(C)CCCC(C)(C)O.C=CC(C)CCCC(C)(C)O.C=CCC(C)/C=C(\C)CO.C=CCC/C=C\CCCCO.C=CCCC/C=C/CCCCO.C=CCCC/C=C/CO.C=CCCCCCCCCCO.C=CCCCCCCCCO.C=CCCCCCO.C=CCCCCO. The van der Waals surface area contributed by atoms with Gasteiger partial charge in [-0.2, -0.15) is 0 Å². The van der Waals surface area contributed by atoms with Crippen LogP contribution in [0.5, 0.6) is 0 Å². The summed E-state index contributed by atoms with van der Waals surface area (Å²) in [5, 5.41) is 122. The van der Waals surface area contributed by atoms with E-state index in [0.29, 0.717) is 68.7 Å². The van der Waals surface area contributed by atoms with Crippen LogP contribution in [-0.4, -0.2) is 160 Å². The summed E-state index contributed by atoms with van der Waals surface area (Å²) < 4.78 is 0. The van der Waals surface area contributed by atoms with Gasteiger partial charge in [0.2, 0.25) is 0 Å². The smallest absolute Gasteiger partial charge is 0.0639 e. The van der Waals surface area contributed by atoms with E-state index in [9.17, 15) is 20.4 Å². The van der Waals surface area contributed by atoms with Crippen molar-refractivity contribution in [1.82, 2.24) is 0 Å². The van der Waals surface area contributed by atoms with Crippen LogP contribution in [0.15, 0.2) is 236 Å². The molecule has 0 aliphatic carbocycles. The quantitative estimate of drug-likeness (QED) is 0.0153. The zero-order valence-corrected chi connectivity index (χ0v) is 100. The van der Waals surface area contributed by atoms with Crippen LogP contribution >= 0.6 is 0 Å². The van der Waals surface area contributed by atoms with Crippen LogP contribution < -0.4 is 0 Å². The van der Waals surface area contributed by atoms with E-state index >= 15 is 0 Å². The lowest BCUT2D eigenvalue weighted by Crippen LogP contribution is -2.18. The molecule has 0 radical (unpaired) electrons. The zero-order valence-electron chi connectivity index (χ0n) is 100. The Morgan fingerprint density at radius 1 is 0.308 bits per heavy atom. The highest BCUT2D eigenvalue weighted by molar-refractivity contribution is 5.10. The molecule has 14 N–H and O–H groups in total. The summed E-state index contributed by atoms with van der Waals surface area (Å²) in [5.74, 6) is 2.31. The van der Waals surface area contributed by atoms with Gasteiger partial charge in [0.25, 0.3) is 0 Å². The Balaban J connectivity index is -0.000000107. The van der Waals surface area contributed by atoms with E-state index < -0.39 is 16.8 Å². The topological polar surface area (TPSA) is 283 Å². The molecule has 0 spiro atoms. The highest BCUT2D eigenvalue weighted by atomic mass is 16.3. The number of hydrogen-bond donors (Lipinski definition) is 14. The summed E-state index contributed by atoms with van der Waals surface area (Å²) in [4.78, 5) is 0. The molecule has 0 fully saturated rings. The Morgan fingerprint density at radius 3 is 0.925 bits per heavy atom. The first-order chi connectivity index (χ1) is 69.0. The van der Waals surface area contributed by atoms with Crippen molar-refractivity contribution in [2.24, 2.45) is 34.5 Å². The molecule has 0 amide bonds. The van der Waals surface area contributed by atoms with Gasteiger partial charge in [0.1, 0.15) is 0 Å². The summed E-state index contributed by atoms with van der Waals surface area (Å²) in [6, 6.07) is 0. The fraction of sp³-hybridized carbons (Fsp3) is 0.712. The van der Waals surface area contributed by atoms with Crippen molar-refractivity contribution in [3.8, 4) is 0 Å². The molecule has 14 heteroatoms. The predicted octanol–water partition coefficient (Wildman–Crippen LogP) is 35.4. The van der Waals surface area contributed by atoms with Gasteiger partial charge in [-0.05, 0) is 366 Å². The summed E-state index contributed by atoms with van der Waals surface area (Å²) in [6.07, 6.45) is 95.5. The molecule has 146 heavy (non-hydrogen) atoms. The van der Waals surface area contributed by atoms with Gasteiger partial charge in [-0.1, -0.05) is 316 Å². The lowest BCUT2D eigenvalue weighted by Gasteiger charge is -2.24. The van der Waals surface area contributed by atoms with Crippen LogP contribution in [0.1, 0.15) is 485 Å². The fourth-order valence-corrected chi connectivity index (χ4v) is 12.7. The Hall–Kier alpha value is -5.50. The molecule has 0 aliphatic rings. The van der Waals surface area contributed by atoms with Crippen molar-refractivity contribution in [3.05, 3.63) is 236 Å². The number of aliphatic hydroxyl groups is 14. The summed E-state index contributed by atoms with van der Waals surface area (Å²) in [5.41, 5.74) is 4.67. The Bertz CT molecular complexity index is 2820. The number of rotatable bonds is 79. The standard InChI is InChI=1S/C12H24O.C11H22O.C11H20O.2C10H20O.C10H18O.C10H20O.C10H18O.2C9H18O.C9H16O.C8H14O.C7H14O.C6H12O/c1-5-12(13)9-11(4)8-6-7-10(2)3;2*1-2-3-4-5-6-7-8-9-10-11-12;3*1-5-9(2)7-6-8-10(3,4)11;2*1-2-3-4-5-6-7-8-9-10-11;1-8(5-6-10)7-9(2,3)4;1-8(2)9(3,4)6-5-7-10;1-4-5-8(2)6-9(3)7-10;1-2-3-4-5-6-7-8-9;1-2-3-4-5-6-7-8;1-2-3-4-5-6-7/h11-13H,2,5-9H2,1,3-4H3;2,12H,1,3-11H2;2,6-7,12H,1,3-5,8-11H2;2*5,9,11H,1,6-8H2,2-4H3;5,11H,1-2,6-8H2,3-4H3;2,11H,1,3-10H2;2,5-6,11H,1,3-4,7-10H2;2*10H,1,5-7H2,2-4H3;4,6,8,10H,1,5,7H2,2-3H3;2,6-7,9H,1,3-5,8H2;2,8H,1,3-7H2;2,7H,1,3-6H2/b;;7-6+;;;;;6-5-;;;9-6+;7-6+;;. The molecule has 14 nitrogen and oxygen atoms in total. The van der Waals surface area contributed by atoms with Crippen molar-refractivity contribution >= 4 is 0 Å². The molecule has 0 aromatic rings. The first-order valence-corrected chi connectivity index (χ1v) is 56.9. The fourth-order valence-electron chi connectivity index (χ4n) is 12.7. The molecule has 0 saturated heterocycles. The minimum atomic E-state index is -0.540. The molecular formula is C132H254O14. The Morgan fingerprint density at radius 2 is 0.623 bits per heavy atom. The molecule has 0 bridgehead atoms. The summed E-state index contributed by atoms with van der Waals surface area (Å²) >= 11 is 0. The largest absolute Gasteiger partial charge is 0.396 e. The van der Waals surface area contributed by atoms with Gasteiger partial charge in [-0.3, -0.25) is 0 Å². The molecule has 0 aromatic heterocycles. The van der Waals surface area contributed by atoms with Crippen LogP contribution in [0.2, 0.25) is 0 Å². The van der Waals surface area contributed by atoms with Gasteiger partial charge in [0.15, 0.2) is 0 Å². The molecule has 5 unspecified atom stereocenters. The number of aliphatic hydroxyl groups excluding tert-OH is 11. The third-order valence-corrected chi connectivity index (χ3v) is 22.5. The average molecular weight is 2070 g/mol. The van der Waals surface area contributed by atoms with Gasteiger partial charge in [0.05, 0.1) is 36.1 Å². The van der Waals surface area contributed by atoms with Crippen LogP contribution in [-0.2, 0) is 0 Å². The minimum Gasteiger partial charge on any atom is -0.396 e. The van der Waals surface area contributed by atoms with Crippen molar-refractivity contribution in [1.29, 1.82) is 0 Å². The lowest BCUT2D eigenvalue weighted by atomic mass is 9.82. The molecule has 866 valence electrons. The van der Waals surface area contributed by atoms with E-state index in [4.69, 9.17) is 51.1 Å². The van der Waals surface area contributed by atoms with E-state index in [-0.39, 0.29) is 37.9 Å². The average Bonchev–Trinajstić information content (AvgIpc) is 0.907. The second-order valence-electron chi connectivity index (χ2n) is 42.6. The van der Waals surface area contributed by atoms with Gasteiger partial charge in [0, 0.05) is 52.9 Å². The highest BCUT2D eigenvalue weighted by Gasteiger charge is 2.18. The van der Waals surface area contributed by atoms with Crippen molar-refractivity contribution in [2.75, 3.05) is 66.1 Å². The number of hydrogen-bond acceptors (Lipinski definition) is 14. The van der Waals surface area contributed by atoms with Crippen LogP contribution in [0.4, 0.5) is 0 Å². The maximum Gasteiger partial charge on any atom is 0.0639 e. The zero-order chi connectivity index (χ0) is 115. The van der Waals surface area contributed by atoms with Crippen molar-refractivity contribution < 1.29 is 71.5 Å². The first kappa shape index (κ1) is 171. The second-order valence-corrected chi connectivity index (χ2v) is 42.6. The van der Waals surface area contributed by atoms with E-state index in [0.717, 1.165) is 274 Å².